The first-order valence-corrected chi connectivity index (χ1v) is 12.0. The Morgan fingerprint density at radius 2 is 1.60 bits per heavy atom. The molecule has 0 aliphatic heterocycles. The Labute approximate surface area is 206 Å². The van der Waals surface area contributed by atoms with E-state index < -0.39 is 5.41 Å². The summed E-state index contributed by atoms with van der Waals surface area (Å²) in [4.78, 5) is 21.4. The van der Waals surface area contributed by atoms with E-state index >= 15 is 0 Å². The third-order valence-electron chi connectivity index (χ3n) is 7.00. The predicted molar refractivity (Wildman–Crippen MR) is 136 cm³/mol. The van der Waals surface area contributed by atoms with Gasteiger partial charge in [0.2, 0.25) is 0 Å². The zero-order valence-corrected chi connectivity index (χ0v) is 20.7. The average molecular weight is 467 g/mol. The highest BCUT2D eigenvalue weighted by molar-refractivity contribution is 5.86. The maximum atomic E-state index is 12.2. The first kappa shape index (κ1) is 23.0. The van der Waals surface area contributed by atoms with Crippen LogP contribution >= 0.6 is 0 Å². The minimum absolute atomic E-state index is 0.135. The molecule has 6 nitrogen and oxygen atoms in total. The summed E-state index contributed by atoms with van der Waals surface area (Å²) >= 11 is 0. The Balaban J connectivity index is 1.37. The van der Waals surface area contributed by atoms with Crippen LogP contribution in [0.3, 0.4) is 0 Å². The average Bonchev–Trinajstić information content (AvgIpc) is 3.63. The lowest BCUT2D eigenvalue weighted by molar-refractivity contribution is -0.143. The molecule has 0 saturated heterocycles. The van der Waals surface area contributed by atoms with E-state index in [9.17, 15) is 4.79 Å². The fraction of sp³-hybridized carbons (Fsp3) is 0.310. The summed E-state index contributed by atoms with van der Waals surface area (Å²) in [5, 5.41) is 4.52. The van der Waals surface area contributed by atoms with E-state index in [1.54, 1.807) is 0 Å². The van der Waals surface area contributed by atoms with E-state index in [1.807, 2.05) is 30.3 Å². The minimum Gasteiger partial charge on any atom is -0.468 e. The van der Waals surface area contributed by atoms with Gasteiger partial charge in [-0.05, 0) is 41.0 Å². The second kappa shape index (κ2) is 9.10. The van der Waals surface area contributed by atoms with Gasteiger partial charge in [0.05, 0.1) is 35.8 Å². The molecule has 0 bridgehead atoms. The van der Waals surface area contributed by atoms with Gasteiger partial charge in [-0.1, -0.05) is 62.4 Å². The number of ether oxygens (including phenoxy) is 1. The predicted octanol–water partition coefficient (Wildman–Crippen LogP) is 5.46. The first-order valence-electron chi connectivity index (χ1n) is 12.0. The monoisotopic (exact) mass is 466 g/mol. The van der Waals surface area contributed by atoms with E-state index in [0.717, 1.165) is 57.7 Å². The van der Waals surface area contributed by atoms with Crippen molar-refractivity contribution in [2.45, 2.75) is 44.4 Å². The Kier molecular flexibility index (Phi) is 5.97. The van der Waals surface area contributed by atoms with Gasteiger partial charge in [0.1, 0.15) is 0 Å². The number of carbonyl (C=O) groups is 1. The molecule has 4 aromatic rings. The van der Waals surface area contributed by atoms with Crippen LogP contribution < -0.4 is 0 Å². The highest BCUT2D eigenvalue weighted by atomic mass is 16.5. The molecule has 0 N–H and O–H groups in total. The third kappa shape index (κ3) is 4.36. The molecular formula is C29H30N4O2. The van der Waals surface area contributed by atoms with Crippen molar-refractivity contribution in [3.63, 3.8) is 0 Å². The van der Waals surface area contributed by atoms with Crippen molar-refractivity contribution in [1.82, 2.24) is 19.7 Å². The van der Waals surface area contributed by atoms with Gasteiger partial charge in [0.25, 0.3) is 0 Å². The van der Waals surface area contributed by atoms with Gasteiger partial charge in [-0.2, -0.15) is 5.10 Å². The molecule has 5 rings (SSSR count). The van der Waals surface area contributed by atoms with E-state index in [-0.39, 0.29) is 5.97 Å². The zero-order valence-electron chi connectivity index (χ0n) is 20.7. The van der Waals surface area contributed by atoms with Crippen LogP contribution in [0.15, 0.2) is 67.1 Å². The molecule has 0 spiro atoms. The van der Waals surface area contributed by atoms with E-state index in [1.165, 1.54) is 7.11 Å². The van der Waals surface area contributed by atoms with Gasteiger partial charge in [0, 0.05) is 31.4 Å². The molecule has 35 heavy (non-hydrogen) atoms. The van der Waals surface area contributed by atoms with Crippen LogP contribution in [0, 0.1) is 0 Å². The molecule has 178 valence electrons. The van der Waals surface area contributed by atoms with Crippen molar-refractivity contribution < 1.29 is 9.53 Å². The summed E-state index contributed by atoms with van der Waals surface area (Å²) in [5.74, 6) is 0.203. The Hall–Kier alpha value is -3.80. The van der Waals surface area contributed by atoms with Crippen molar-refractivity contribution >= 4 is 5.97 Å². The van der Waals surface area contributed by atoms with Gasteiger partial charge in [-0.15, -0.1) is 0 Å². The number of carbonyl (C=O) groups excluding carboxylic acids is 1. The van der Waals surface area contributed by atoms with Crippen LogP contribution in [0.2, 0.25) is 0 Å². The lowest BCUT2D eigenvalue weighted by Gasteiger charge is -2.13. The first-order chi connectivity index (χ1) is 16.9. The van der Waals surface area contributed by atoms with Crippen LogP contribution in [0.1, 0.15) is 55.3 Å². The summed E-state index contributed by atoms with van der Waals surface area (Å²) in [7, 11) is 3.43. The number of methoxy groups -OCH3 is 1. The second-order valence-electron chi connectivity index (χ2n) is 9.62. The quantitative estimate of drug-likeness (QED) is 0.338. The normalized spacial score (nSPS) is 14.2. The molecule has 2 heterocycles. The van der Waals surface area contributed by atoms with Gasteiger partial charge in [-0.3, -0.25) is 19.4 Å². The SMILES string of the molecule is COC(=O)C1(c2ccc(-c3ccc(-c4cnn(C)c4Cc4cncc(C(C)C)n4)cc3)cc2)CC1. The van der Waals surface area contributed by atoms with E-state index in [2.05, 4.69) is 72.5 Å². The second-order valence-corrected chi connectivity index (χ2v) is 9.62. The molecule has 0 radical (unpaired) electrons. The fourth-order valence-electron chi connectivity index (χ4n) is 4.63. The van der Waals surface area contributed by atoms with Gasteiger partial charge >= 0.3 is 5.97 Å². The molecule has 1 saturated carbocycles. The molecule has 0 atom stereocenters. The van der Waals surface area contributed by atoms with Crippen molar-refractivity contribution in [1.29, 1.82) is 0 Å². The minimum atomic E-state index is -0.438. The number of nitrogens with zero attached hydrogens (tertiary/aromatic N) is 4. The molecule has 2 aromatic heterocycles. The number of hydrogen-bond donors (Lipinski definition) is 0. The summed E-state index contributed by atoms with van der Waals surface area (Å²) in [5.41, 5.74) is 8.11. The van der Waals surface area contributed by atoms with Crippen LogP contribution in [0.4, 0.5) is 0 Å². The molecule has 0 unspecified atom stereocenters. The van der Waals surface area contributed by atoms with Crippen LogP contribution in [-0.2, 0) is 28.4 Å². The lowest BCUT2D eigenvalue weighted by atomic mass is 9.93. The highest BCUT2D eigenvalue weighted by Crippen LogP contribution is 2.49. The Morgan fingerprint density at radius 1 is 0.971 bits per heavy atom. The smallest absolute Gasteiger partial charge is 0.316 e. The standard InChI is InChI=1S/C29H30N4O2/c1-19(2)26-18-30-16-24(32-26)15-27-25(17-31-33(27)3)22-7-5-20(6-8-22)21-9-11-23(12-10-21)29(13-14-29)28(34)35-4/h5-12,16-19H,13-15H2,1-4H3. The van der Waals surface area contributed by atoms with E-state index in [4.69, 9.17) is 9.72 Å². The molecule has 1 aliphatic carbocycles. The van der Waals surface area contributed by atoms with Crippen LogP contribution in [0.5, 0.6) is 0 Å². The number of esters is 1. The largest absolute Gasteiger partial charge is 0.468 e. The number of rotatable bonds is 7. The molecule has 0 amide bonds. The summed E-state index contributed by atoms with van der Waals surface area (Å²) in [6.07, 6.45) is 7.97. The van der Waals surface area contributed by atoms with Crippen molar-refractivity contribution in [2.75, 3.05) is 7.11 Å². The molecule has 2 aromatic carbocycles. The molecule has 1 fully saturated rings. The maximum Gasteiger partial charge on any atom is 0.316 e. The Morgan fingerprint density at radius 3 is 2.20 bits per heavy atom. The van der Waals surface area contributed by atoms with Gasteiger partial charge in [0.15, 0.2) is 0 Å². The number of benzene rings is 2. The van der Waals surface area contributed by atoms with Crippen molar-refractivity contribution in [3.8, 4) is 22.3 Å². The lowest BCUT2D eigenvalue weighted by Crippen LogP contribution is -2.21. The summed E-state index contributed by atoms with van der Waals surface area (Å²) < 4.78 is 6.93. The Bertz CT molecular complexity index is 1350. The molecular weight excluding hydrogens is 436 g/mol. The number of aromatic nitrogens is 4. The topological polar surface area (TPSA) is 69.9 Å². The molecule has 6 heteroatoms. The summed E-state index contributed by atoms with van der Waals surface area (Å²) in [6.45, 7) is 4.25. The fourth-order valence-corrected chi connectivity index (χ4v) is 4.63. The van der Waals surface area contributed by atoms with E-state index in [0.29, 0.717) is 12.3 Å². The van der Waals surface area contributed by atoms with Gasteiger partial charge in [-0.25, -0.2) is 0 Å². The maximum absolute atomic E-state index is 12.2. The van der Waals surface area contributed by atoms with Crippen molar-refractivity contribution in [2.24, 2.45) is 7.05 Å². The number of aryl methyl sites for hydroxylation is 1. The summed E-state index contributed by atoms with van der Waals surface area (Å²) in [6, 6.07) is 16.8. The molecule has 1 aliphatic rings. The van der Waals surface area contributed by atoms with Crippen LogP contribution in [0.25, 0.3) is 22.3 Å². The zero-order chi connectivity index (χ0) is 24.6. The third-order valence-corrected chi connectivity index (χ3v) is 7.00. The van der Waals surface area contributed by atoms with Crippen molar-refractivity contribution in [3.05, 3.63) is 89.8 Å². The highest BCUT2D eigenvalue weighted by Gasteiger charge is 2.52. The number of hydrogen-bond acceptors (Lipinski definition) is 5. The van der Waals surface area contributed by atoms with Gasteiger partial charge < -0.3 is 4.74 Å². The van der Waals surface area contributed by atoms with Crippen LogP contribution in [-0.4, -0.2) is 32.8 Å².